The van der Waals surface area contributed by atoms with E-state index in [0.717, 1.165) is 11.3 Å². The second-order valence-corrected chi connectivity index (χ2v) is 8.76. The van der Waals surface area contributed by atoms with Crippen LogP contribution in [0.1, 0.15) is 17.5 Å². The van der Waals surface area contributed by atoms with Crippen molar-refractivity contribution in [2.45, 2.75) is 13.3 Å². The molecule has 0 spiro atoms. The van der Waals surface area contributed by atoms with Gasteiger partial charge in [-0.25, -0.2) is 5.48 Å². The van der Waals surface area contributed by atoms with Gasteiger partial charge in [0.1, 0.15) is 0 Å². The minimum Gasteiger partial charge on any atom is -0.368 e. The summed E-state index contributed by atoms with van der Waals surface area (Å²) < 4.78 is 0. The molecule has 1 aromatic carbocycles. The van der Waals surface area contributed by atoms with E-state index in [1.54, 1.807) is 46.5 Å². The summed E-state index contributed by atoms with van der Waals surface area (Å²) in [5, 5.41) is 27.4. The molecule has 3 rings (SSSR count). The number of aliphatic imine (C=N–C) groups is 1. The Balaban J connectivity index is 1.69. The van der Waals surface area contributed by atoms with E-state index in [0.29, 0.717) is 50.7 Å². The second-order valence-electron chi connectivity index (χ2n) is 8.76. The average Bonchev–Trinajstić information content (AvgIpc) is 2.85. The molecule has 2 saturated heterocycles. The van der Waals surface area contributed by atoms with Gasteiger partial charge in [-0.2, -0.15) is 10.5 Å². The van der Waals surface area contributed by atoms with Gasteiger partial charge in [0, 0.05) is 59.1 Å². The minimum atomic E-state index is -0.770. The van der Waals surface area contributed by atoms with Crippen molar-refractivity contribution in [3.63, 3.8) is 0 Å². The maximum Gasteiger partial charge on any atom is 0.249 e. The van der Waals surface area contributed by atoms with Crippen molar-refractivity contribution in [3.05, 3.63) is 29.3 Å². The first-order chi connectivity index (χ1) is 16.3. The van der Waals surface area contributed by atoms with Crippen LogP contribution in [-0.4, -0.2) is 91.0 Å². The largest absolute Gasteiger partial charge is 0.368 e. The molecule has 2 aliphatic rings. The Kier molecular flexibility index (Phi) is 7.92. The maximum atomic E-state index is 13.4. The minimum absolute atomic E-state index is 0.104. The van der Waals surface area contributed by atoms with E-state index in [9.17, 15) is 14.8 Å². The van der Waals surface area contributed by atoms with Crippen LogP contribution in [0.2, 0.25) is 0 Å². The summed E-state index contributed by atoms with van der Waals surface area (Å²) in [6.07, 6.45) is 2.18. The van der Waals surface area contributed by atoms with Gasteiger partial charge in [-0.05, 0) is 37.1 Å². The zero-order chi connectivity index (χ0) is 24.8. The van der Waals surface area contributed by atoms with Crippen molar-refractivity contribution in [1.82, 2.24) is 20.2 Å². The molecular formula is C23H30N8O3. The first kappa shape index (κ1) is 24.8. The molecule has 2 heterocycles. The van der Waals surface area contributed by atoms with E-state index in [4.69, 9.17) is 10.5 Å². The van der Waals surface area contributed by atoms with E-state index in [2.05, 4.69) is 16.0 Å². The lowest BCUT2D eigenvalue weighted by Crippen LogP contribution is -2.57. The number of anilines is 1. The number of carbonyl (C=O) groups excluding carboxylic acids is 2. The molecule has 2 atom stereocenters. The molecular weight excluding hydrogens is 436 g/mol. The number of nitriles is 2. The molecule has 1 aromatic rings. The number of piperidine rings is 1. The number of hydrogen-bond acceptors (Lipinski definition) is 7. The van der Waals surface area contributed by atoms with Crippen LogP contribution in [0.25, 0.3) is 0 Å². The highest BCUT2D eigenvalue weighted by Gasteiger charge is 2.42. The van der Waals surface area contributed by atoms with Crippen LogP contribution < -0.4 is 10.4 Å². The van der Waals surface area contributed by atoms with E-state index >= 15 is 0 Å². The third kappa shape index (κ3) is 5.21. The molecule has 2 unspecified atom stereocenters. The van der Waals surface area contributed by atoms with Gasteiger partial charge in [-0.1, -0.05) is 0 Å². The molecule has 2 fully saturated rings. The number of rotatable bonds is 3. The van der Waals surface area contributed by atoms with Crippen LogP contribution >= 0.6 is 0 Å². The Morgan fingerprint density at radius 1 is 1.12 bits per heavy atom. The van der Waals surface area contributed by atoms with Crippen molar-refractivity contribution in [1.29, 1.82) is 10.5 Å². The molecule has 34 heavy (non-hydrogen) atoms. The summed E-state index contributed by atoms with van der Waals surface area (Å²) in [5.74, 6) is -1.65. The highest BCUT2D eigenvalue weighted by atomic mass is 16.5. The molecule has 0 bridgehead atoms. The van der Waals surface area contributed by atoms with Crippen LogP contribution in [-0.2, 0) is 9.59 Å². The number of aryl methyl sites for hydroxylation is 1. The molecule has 0 aliphatic carbocycles. The fraction of sp³-hybridized carbons (Fsp3) is 0.522. The SMILES string of the molecule is Cc1cc(C#N)ccc1N1CCN(C(=O)C2CCN(C(=NC#N)N(C)C)CC2C(=O)NO)CC1. The molecule has 11 nitrogen and oxygen atoms in total. The smallest absolute Gasteiger partial charge is 0.249 e. The summed E-state index contributed by atoms with van der Waals surface area (Å²) in [5.41, 5.74) is 4.38. The molecule has 11 heteroatoms. The van der Waals surface area contributed by atoms with Crippen LogP contribution in [0.5, 0.6) is 0 Å². The highest BCUT2D eigenvalue weighted by Crippen LogP contribution is 2.28. The number of guanidine groups is 1. The van der Waals surface area contributed by atoms with Crippen LogP contribution in [0.3, 0.4) is 0 Å². The van der Waals surface area contributed by atoms with E-state index in [1.165, 1.54) is 0 Å². The monoisotopic (exact) mass is 466 g/mol. The van der Waals surface area contributed by atoms with Crippen molar-refractivity contribution in [2.24, 2.45) is 16.8 Å². The Bertz CT molecular complexity index is 1030. The number of benzene rings is 1. The fourth-order valence-electron chi connectivity index (χ4n) is 4.76. The Hall–Kier alpha value is -3.83. The van der Waals surface area contributed by atoms with Crippen LogP contribution in [0, 0.1) is 41.5 Å². The van der Waals surface area contributed by atoms with Crippen molar-refractivity contribution in [3.8, 4) is 12.3 Å². The van der Waals surface area contributed by atoms with Gasteiger partial charge < -0.3 is 19.6 Å². The van der Waals surface area contributed by atoms with Crippen molar-refractivity contribution < 1.29 is 14.8 Å². The fourth-order valence-corrected chi connectivity index (χ4v) is 4.76. The second kappa shape index (κ2) is 10.9. The number of nitrogens with one attached hydrogen (secondary N) is 1. The van der Waals surface area contributed by atoms with Gasteiger partial charge in [-0.15, -0.1) is 4.99 Å². The predicted molar refractivity (Wildman–Crippen MR) is 125 cm³/mol. The Labute approximate surface area is 199 Å². The van der Waals surface area contributed by atoms with Gasteiger partial charge >= 0.3 is 0 Å². The van der Waals surface area contributed by atoms with Crippen LogP contribution in [0.4, 0.5) is 5.69 Å². The third-order valence-corrected chi connectivity index (χ3v) is 6.47. The van der Waals surface area contributed by atoms with Crippen molar-refractivity contribution in [2.75, 3.05) is 58.3 Å². The standard InChI is InChI=1S/C23H30N8O3/c1-16-12-17(13-24)4-5-20(16)29-8-10-30(11-9-29)22(33)18-6-7-31(14-19(18)21(32)27-34)23(26-15-25)28(2)3/h4-5,12,18-19,34H,6-11,14H2,1-3H3,(H,27,32). The lowest BCUT2D eigenvalue weighted by Gasteiger charge is -2.43. The van der Waals surface area contributed by atoms with Gasteiger partial charge in [0.05, 0.1) is 23.5 Å². The zero-order valence-corrected chi connectivity index (χ0v) is 19.7. The quantitative estimate of drug-likeness (QED) is 0.214. The topological polar surface area (TPSA) is 139 Å². The lowest BCUT2D eigenvalue weighted by atomic mass is 9.83. The maximum absolute atomic E-state index is 13.4. The molecule has 0 saturated carbocycles. The number of carbonyl (C=O) groups is 2. The molecule has 180 valence electrons. The average molecular weight is 467 g/mol. The predicted octanol–water partition coefficient (Wildman–Crippen LogP) is 0.357. The molecule has 0 radical (unpaired) electrons. The molecule has 2 amide bonds. The lowest BCUT2D eigenvalue weighted by molar-refractivity contribution is -0.147. The molecule has 2 N–H and O–H groups in total. The summed E-state index contributed by atoms with van der Waals surface area (Å²) in [4.78, 5) is 37.2. The first-order valence-electron chi connectivity index (χ1n) is 11.2. The molecule has 2 aliphatic heterocycles. The number of piperazine rings is 1. The number of hydrogen-bond donors (Lipinski definition) is 2. The van der Waals surface area contributed by atoms with Gasteiger partial charge in [0.15, 0.2) is 0 Å². The van der Waals surface area contributed by atoms with Crippen molar-refractivity contribution >= 4 is 23.5 Å². The summed E-state index contributed by atoms with van der Waals surface area (Å²) in [6, 6.07) is 7.74. The van der Waals surface area contributed by atoms with E-state index in [1.807, 2.05) is 19.1 Å². The highest BCUT2D eigenvalue weighted by molar-refractivity contribution is 5.89. The Morgan fingerprint density at radius 3 is 2.38 bits per heavy atom. The molecule has 0 aromatic heterocycles. The third-order valence-electron chi connectivity index (χ3n) is 6.47. The summed E-state index contributed by atoms with van der Waals surface area (Å²) in [6.45, 7) is 4.94. The zero-order valence-electron chi connectivity index (χ0n) is 19.7. The Morgan fingerprint density at radius 2 is 1.82 bits per heavy atom. The number of likely N-dealkylation sites (tertiary alicyclic amines) is 1. The van der Waals surface area contributed by atoms with E-state index in [-0.39, 0.29) is 12.5 Å². The number of hydroxylamine groups is 1. The summed E-state index contributed by atoms with van der Waals surface area (Å²) in [7, 11) is 3.51. The number of nitrogens with zero attached hydrogens (tertiary/aromatic N) is 7. The number of amides is 2. The normalized spacial score (nSPS) is 20.9. The summed E-state index contributed by atoms with van der Waals surface area (Å²) >= 11 is 0. The van der Waals surface area contributed by atoms with Gasteiger partial charge in [0.2, 0.25) is 24.0 Å². The first-order valence-corrected chi connectivity index (χ1v) is 11.2. The van der Waals surface area contributed by atoms with Gasteiger partial charge in [0.25, 0.3) is 0 Å². The van der Waals surface area contributed by atoms with Crippen LogP contribution in [0.15, 0.2) is 23.2 Å². The van der Waals surface area contributed by atoms with E-state index < -0.39 is 17.7 Å². The van der Waals surface area contributed by atoms with Gasteiger partial charge in [-0.3, -0.25) is 14.8 Å².